The number of nitrogens with one attached hydrogen (secondary N) is 1. The van der Waals surface area contributed by atoms with Crippen LogP contribution in [0, 0.1) is 0 Å². The van der Waals surface area contributed by atoms with Gasteiger partial charge in [-0.2, -0.15) is 13.2 Å². The molecule has 0 saturated carbocycles. The van der Waals surface area contributed by atoms with Crippen molar-refractivity contribution in [1.29, 1.82) is 0 Å². The molecule has 0 aliphatic carbocycles. The number of carbonyl (C=O) groups excluding carboxylic acids is 2. The molecule has 1 aliphatic heterocycles. The first kappa shape index (κ1) is 21.4. The van der Waals surface area contributed by atoms with E-state index in [1.54, 1.807) is 6.92 Å². The van der Waals surface area contributed by atoms with Gasteiger partial charge in [-0.3, -0.25) is 0 Å². The summed E-state index contributed by atoms with van der Waals surface area (Å²) in [6.45, 7) is 1.67. The van der Waals surface area contributed by atoms with Gasteiger partial charge in [0.15, 0.2) is 0 Å². The molecule has 8 heteroatoms. The van der Waals surface area contributed by atoms with Crippen LogP contribution >= 0.6 is 0 Å². The van der Waals surface area contributed by atoms with Gasteiger partial charge in [0.05, 0.1) is 23.8 Å². The molecule has 2 amide bonds. The van der Waals surface area contributed by atoms with Crippen molar-refractivity contribution in [3.05, 3.63) is 82.6 Å². The number of benzene rings is 2. The first-order valence-electron chi connectivity index (χ1n) is 9.31. The number of hydrogen-bond acceptors (Lipinski definition) is 3. The number of hydrogen-bond donors (Lipinski definition) is 1. The molecule has 0 saturated heterocycles. The maximum absolute atomic E-state index is 13.1. The summed E-state index contributed by atoms with van der Waals surface area (Å²) in [6.07, 6.45) is -4.05. The van der Waals surface area contributed by atoms with Gasteiger partial charge in [-0.15, -0.1) is 0 Å². The number of esters is 1. The van der Waals surface area contributed by atoms with E-state index in [-0.39, 0.29) is 17.7 Å². The highest BCUT2D eigenvalue weighted by molar-refractivity contribution is 5.95. The Balaban J connectivity index is 1.86. The number of nitrogens with zero attached hydrogens (tertiary/aromatic N) is 1. The van der Waals surface area contributed by atoms with E-state index in [1.807, 2.05) is 30.3 Å². The maximum atomic E-state index is 13.1. The molecule has 0 fully saturated rings. The standard InChI is InChI=1S/C22H21F3N2O3/c1-14-18(20(28)30-12-11-15-7-4-3-5-8-15)19(26-21(29)27(14)2)16-9-6-10-17(13-16)22(23,24)25/h3-10,13,19H,11-12H2,1-2H3,(H,26,29)/t19-/m0/s1. The Morgan fingerprint density at radius 3 is 2.50 bits per heavy atom. The van der Waals surface area contributed by atoms with Gasteiger partial charge in [0, 0.05) is 19.2 Å². The van der Waals surface area contributed by atoms with Gasteiger partial charge in [-0.1, -0.05) is 42.5 Å². The second-order valence-electron chi connectivity index (χ2n) is 6.94. The molecule has 2 aromatic carbocycles. The van der Waals surface area contributed by atoms with Gasteiger partial charge in [-0.05, 0) is 30.2 Å². The number of halogens is 3. The Bertz CT molecular complexity index is 971. The van der Waals surface area contributed by atoms with E-state index in [0.717, 1.165) is 17.7 Å². The lowest BCUT2D eigenvalue weighted by atomic mass is 9.94. The van der Waals surface area contributed by atoms with Crippen LogP contribution in [-0.2, 0) is 22.1 Å². The topological polar surface area (TPSA) is 58.6 Å². The number of allylic oxidation sites excluding steroid dienone is 1. The highest BCUT2D eigenvalue weighted by Gasteiger charge is 2.37. The van der Waals surface area contributed by atoms with Crippen molar-refractivity contribution in [3.63, 3.8) is 0 Å². The van der Waals surface area contributed by atoms with Crippen LogP contribution in [0.1, 0.15) is 29.7 Å². The maximum Gasteiger partial charge on any atom is 0.416 e. The average Bonchev–Trinajstić information content (AvgIpc) is 2.72. The molecule has 3 rings (SSSR count). The van der Waals surface area contributed by atoms with Crippen molar-refractivity contribution in [2.75, 3.05) is 13.7 Å². The van der Waals surface area contributed by atoms with E-state index in [1.165, 1.54) is 24.1 Å². The SMILES string of the molecule is CC1=C(C(=O)OCCc2ccccc2)[C@H](c2cccc(C(F)(F)F)c2)NC(=O)N1C. The van der Waals surface area contributed by atoms with Crippen LogP contribution in [0.5, 0.6) is 0 Å². The monoisotopic (exact) mass is 418 g/mol. The summed E-state index contributed by atoms with van der Waals surface area (Å²) in [5.74, 6) is -0.683. The summed E-state index contributed by atoms with van der Waals surface area (Å²) in [5, 5.41) is 2.59. The van der Waals surface area contributed by atoms with Gasteiger partial charge in [-0.25, -0.2) is 9.59 Å². The Morgan fingerprint density at radius 2 is 1.83 bits per heavy atom. The molecule has 1 N–H and O–H groups in total. The lowest BCUT2D eigenvalue weighted by Gasteiger charge is -2.33. The summed E-state index contributed by atoms with van der Waals surface area (Å²) < 4.78 is 44.8. The zero-order chi connectivity index (χ0) is 21.9. The third-order valence-corrected chi connectivity index (χ3v) is 4.99. The number of alkyl halides is 3. The summed E-state index contributed by atoms with van der Waals surface area (Å²) in [6, 6.07) is 12.4. The van der Waals surface area contributed by atoms with E-state index < -0.39 is 29.8 Å². The number of urea groups is 1. The number of ether oxygens (including phenoxy) is 1. The Kier molecular flexibility index (Phi) is 6.14. The lowest BCUT2D eigenvalue weighted by molar-refractivity contribution is -0.139. The van der Waals surface area contributed by atoms with Crippen LogP contribution < -0.4 is 5.32 Å². The molecule has 0 spiro atoms. The molecule has 0 aromatic heterocycles. The van der Waals surface area contributed by atoms with Crippen molar-refractivity contribution in [2.24, 2.45) is 0 Å². The van der Waals surface area contributed by atoms with Crippen LogP contribution in [0.3, 0.4) is 0 Å². The quantitative estimate of drug-likeness (QED) is 0.730. The minimum Gasteiger partial charge on any atom is -0.462 e. The molecule has 1 heterocycles. The Hall–Kier alpha value is -3.29. The van der Waals surface area contributed by atoms with Crippen LogP contribution in [0.25, 0.3) is 0 Å². The highest BCUT2D eigenvalue weighted by atomic mass is 19.4. The summed E-state index contributed by atoms with van der Waals surface area (Å²) >= 11 is 0. The molecular weight excluding hydrogens is 397 g/mol. The summed E-state index contributed by atoms with van der Waals surface area (Å²) in [7, 11) is 1.48. The molecular formula is C22H21F3N2O3. The Morgan fingerprint density at radius 1 is 1.13 bits per heavy atom. The fraction of sp³-hybridized carbons (Fsp3) is 0.273. The zero-order valence-corrected chi connectivity index (χ0v) is 16.5. The molecule has 0 unspecified atom stereocenters. The predicted molar refractivity (Wildman–Crippen MR) is 104 cm³/mol. The third kappa shape index (κ3) is 4.64. The highest BCUT2D eigenvalue weighted by Crippen LogP contribution is 2.35. The van der Waals surface area contributed by atoms with Crippen molar-refractivity contribution in [2.45, 2.75) is 25.6 Å². The van der Waals surface area contributed by atoms with E-state index in [0.29, 0.717) is 12.1 Å². The van der Waals surface area contributed by atoms with Crippen LogP contribution in [0.4, 0.5) is 18.0 Å². The second kappa shape index (κ2) is 8.61. The van der Waals surface area contributed by atoms with Gasteiger partial charge in [0.1, 0.15) is 0 Å². The van der Waals surface area contributed by atoms with Gasteiger partial charge in [0.2, 0.25) is 0 Å². The largest absolute Gasteiger partial charge is 0.462 e. The van der Waals surface area contributed by atoms with Crippen LogP contribution in [0.2, 0.25) is 0 Å². The van der Waals surface area contributed by atoms with Crippen molar-refractivity contribution in [1.82, 2.24) is 10.2 Å². The second-order valence-corrected chi connectivity index (χ2v) is 6.94. The molecule has 0 bridgehead atoms. The normalized spacial score (nSPS) is 17.0. The van der Waals surface area contributed by atoms with Crippen LogP contribution in [-0.4, -0.2) is 30.6 Å². The third-order valence-electron chi connectivity index (χ3n) is 4.99. The first-order chi connectivity index (χ1) is 14.2. The average molecular weight is 418 g/mol. The molecule has 2 aromatic rings. The zero-order valence-electron chi connectivity index (χ0n) is 16.5. The van der Waals surface area contributed by atoms with E-state index in [4.69, 9.17) is 4.74 Å². The smallest absolute Gasteiger partial charge is 0.416 e. The minimum absolute atomic E-state index is 0.101. The number of amides is 2. The van der Waals surface area contributed by atoms with Gasteiger partial charge >= 0.3 is 18.2 Å². The molecule has 158 valence electrons. The van der Waals surface area contributed by atoms with Crippen molar-refractivity contribution in [3.8, 4) is 0 Å². The van der Waals surface area contributed by atoms with E-state index in [9.17, 15) is 22.8 Å². The minimum atomic E-state index is -4.54. The van der Waals surface area contributed by atoms with E-state index in [2.05, 4.69) is 5.32 Å². The molecule has 30 heavy (non-hydrogen) atoms. The summed E-state index contributed by atoms with van der Waals surface area (Å²) in [4.78, 5) is 26.3. The van der Waals surface area contributed by atoms with Crippen molar-refractivity contribution < 1.29 is 27.5 Å². The number of rotatable bonds is 5. The Labute approximate surface area is 172 Å². The predicted octanol–water partition coefficient (Wildman–Crippen LogP) is 4.46. The molecule has 1 aliphatic rings. The fourth-order valence-corrected chi connectivity index (χ4v) is 3.23. The van der Waals surface area contributed by atoms with E-state index >= 15 is 0 Å². The molecule has 1 atom stereocenters. The molecule has 0 radical (unpaired) electrons. The summed E-state index contributed by atoms with van der Waals surface area (Å²) in [5.41, 5.74) is 0.707. The first-order valence-corrected chi connectivity index (χ1v) is 9.31. The fourth-order valence-electron chi connectivity index (χ4n) is 3.23. The van der Waals surface area contributed by atoms with Gasteiger partial charge < -0.3 is 15.0 Å². The van der Waals surface area contributed by atoms with Crippen LogP contribution in [0.15, 0.2) is 65.9 Å². The van der Waals surface area contributed by atoms with Gasteiger partial charge in [0.25, 0.3) is 0 Å². The number of carbonyl (C=O) groups is 2. The lowest BCUT2D eigenvalue weighted by Crippen LogP contribution is -2.46. The van der Waals surface area contributed by atoms with Crippen molar-refractivity contribution >= 4 is 12.0 Å². The molecule has 5 nitrogen and oxygen atoms in total.